The van der Waals surface area contributed by atoms with Gasteiger partial charge in [-0.3, -0.25) is 9.59 Å². The van der Waals surface area contributed by atoms with Gasteiger partial charge in [-0.15, -0.1) is 0 Å². The van der Waals surface area contributed by atoms with Gasteiger partial charge in [0.05, 0.1) is 10.7 Å². The normalized spacial score (nSPS) is 11.4. The second-order valence-corrected chi connectivity index (χ2v) is 7.06. The van der Waals surface area contributed by atoms with Crippen LogP contribution in [0.2, 0.25) is 10.0 Å². The largest absolute Gasteiger partial charge is 0.481 e. The third-order valence-corrected chi connectivity index (χ3v) is 4.61. The lowest BCUT2D eigenvalue weighted by atomic mass is 10.2. The first-order chi connectivity index (χ1) is 13.9. The summed E-state index contributed by atoms with van der Waals surface area (Å²) in [7, 11) is 0. The summed E-state index contributed by atoms with van der Waals surface area (Å²) in [6, 6.07) is 20.3. The third kappa shape index (κ3) is 5.73. The minimum atomic E-state index is -0.728. The first kappa shape index (κ1) is 20.7. The summed E-state index contributed by atoms with van der Waals surface area (Å²) < 4.78 is 5.65. The van der Waals surface area contributed by atoms with Crippen LogP contribution in [0, 0.1) is 0 Å². The number of halogens is 2. The van der Waals surface area contributed by atoms with Crippen LogP contribution >= 0.6 is 23.2 Å². The molecule has 0 aliphatic carbocycles. The maximum Gasteiger partial charge on any atom is 0.265 e. The zero-order chi connectivity index (χ0) is 20.8. The van der Waals surface area contributed by atoms with Crippen LogP contribution in [0.25, 0.3) is 0 Å². The Balaban J connectivity index is 1.58. The predicted molar refractivity (Wildman–Crippen MR) is 116 cm³/mol. The summed E-state index contributed by atoms with van der Waals surface area (Å²) in [5.41, 5.74) is 1.60. The van der Waals surface area contributed by atoms with Gasteiger partial charge in [-0.1, -0.05) is 35.3 Å². The Hall–Kier alpha value is -3.02. The van der Waals surface area contributed by atoms with Gasteiger partial charge in [0, 0.05) is 16.3 Å². The van der Waals surface area contributed by atoms with Gasteiger partial charge < -0.3 is 15.4 Å². The van der Waals surface area contributed by atoms with E-state index in [9.17, 15) is 9.59 Å². The monoisotopic (exact) mass is 428 g/mol. The number of nitrogens with one attached hydrogen (secondary N) is 2. The highest BCUT2D eigenvalue weighted by Gasteiger charge is 2.15. The quantitative estimate of drug-likeness (QED) is 0.532. The summed E-state index contributed by atoms with van der Waals surface area (Å²) >= 11 is 11.9. The van der Waals surface area contributed by atoms with Crippen LogP contribution in [0.4, 0.5) is 11.4 Å². The van der Waals surface area contributed by atoms with Gasteiger partial charge in [-0.25, -0.2) is 0 Å². The van der Waals surface area contributed by atoms with Crippen LogP contribution < -0.4 is 15.4 Å². The van der Waals surface area contributed by atoms with E-state index in [0.717, 1.165) is 0 Å². The van der Waals surface area contributed by atoms with Crippen LogP contribution in [-0.2, 0) is 4.79 Å². The Morgan fingerprint density at radius 1 is 0.862 bits per heavy atom. The highest BCUT2D eigenvalue weighted by Crippen LogP contribution is 2.22. The summed E-state index contributed by atoms with van der Waals surface area (Å²) in [5, 5.41) is 6.55. The molecule has 0 unspecified atom stereocenters. The van der Waals surface area contributed by atoms with Crippen molar-refractivity contribution in [3.8, 4) is 5.75 Å². The number of para-hydroxylation sites is 1. The number of benzene rings is 3. The highest BCUT2D eigenvalue weighted by atomic mass is 35.5. The first-order valence-corrected chi connectivity index (χ1v) is 9.57. The number of hydrogen-bond acceptors (Lipinski definition) is 3. The van der Waals surface area contributed by atoms with E-state index in [1.807, 2.05) is 0 Å². The number of amides is 2. The minimum absolute atomic E-state index is 0.293. The minimum Gasteiger partial charge on any atom is -0.481 e. The summed E-state index contributed by atoms with van der Waals surface area (Å²) in [6.07, 6.45) is -0.728. The number of rotatable bonds is 6. The number of anilines is 2. The molecule has 2 amide bonds. The molecule has 3 rings (SSSR count). The molecular formula is C22H18Cl2N2O3. The average Bonchev–Trinajstić information content (AvgIpc) is 2.72. The van der Waals surface area contributed by atoms with Crippen molar-refractivity contribution in [2.45, 2.75) is 13.0 Å². The van der Waals surface area contributed by atoms with E-state index in [-0.39, 0.29) is 11.8 Å². The lowest BCUT2D eigenvalue weighted by molar-refractivity contribution is -0.122. The molecule has 0 saturated heterocycles. The lowest BCUT2D eigenvalue weighted by Crippen LogP contribution is -2.30. The maximum atomic E-state index is 12.4. The molecule has 7 heteroatoms. The summed E-state index contributed by atoms with van der Waals surface area (Å²) in [4.78, 5) is 24.6. The van der Waals surface area contributed by atoms with Crippen molar-refractivity contribution in [3.63, 3.8) is 0 Å². The molecule has 0 aromatic heterocycles. The molecule has 0 bridgehead atoms. The van der Waals surface area contributed by atoms with Crippen molar-refractivity contribution in [2.75, 3.05) is 10.6 Å². The molecule has 0 heterocycles. The molecule has 29 heavy (non-hydrogen) atoms. The van der Waals surface area contributed by atoms with E-state index >= 15 is 0 Å². The Morgan fingerprint density at radius 3 is 2.17 bits per heavy atom. The van der Waals surface area contributed by atoms with Gasteiger partial charge in [0.25, 0.3) is 11.8 Å². The number of ether oxygens (including phenoxy) is 1. The fourth-order valence-corrected chi connectivity index (χ4v) is 2.79. The van der Waals surface area contributed by atoms with Gasteiger partial charge >= 0.3 is 0 Å². The molecular weight excluding hydrogens is 411 g/mol. The fraction of sp³-hybridized carbons (Fsp3) is 0.0909. The Morgan fingerprint density at radius 2 is 1.52 bits per heavy atom. The second-order valence-electron chi connectivity index (χ2n) is 6.21. The van der Waals surface area contributed by atoms with Crippen molar-refractivity contribution in [1.82, 2.24) is 0 Å². The topological polar surface area (TPSA) is 67.4 Å². The van der Waals surface area contributed by atoms with Gasteiger partial charge in [0.2, 0.25) is 0 Å². The molecule has 0 spiro atoms. The van der Waals surface area contributed by atoms with Crippen molar-refractivity contribution in [2.24, 2.45) is 0 Å². The molecule has 5 nitrogen and oxygen atoms in total. The van der Waals surface area contributed by atoms with Crippen molar-refractivity contribution < 1.29 is 14.3 Å². The van der Waals surface area contributed by atoms with E-state index in [2.05, 4.69) is 10.6 Å². The van der Waals surface area contributed by atoms with Crippen molar-refractivity contribution in [1.29, 1.82) is 0 Å². The summed E-state index contributed by atoms with van der Waals surface area (Å²) in [5.74, 6) is -0.121. The average molecular weight is 429 g/mol. The van der Waals surface area contributed by atoms with Crippen LogP contribution in [0.1, 0.15) is 17.3 Å². The molecule has 148 valence electrons. The Bertz CT molecular complexity index is 1010. The van der Waals surface area contributed by atoms with Crippen molar-refractivity contribution in [3.05, 3.63) is 88.4 Å². The van der Waals surface area contributed by atoms with Crippen LogP contribution in [0.5, 0.6) is 5.75 Å². The molecule has 0 aliphatic heterocycles. The first-order valence-electron chi connectivity index (χ1n) is 8.81. The van der Waals surface area contributed by atoms with E-state index < -0.39 is 6.10 Å². The maximum absolute atomic E-state index is 12.4. The fourth-order valence-electron chi connectivity index (χ4n) is 2.48. The third-order valence-electron chi connectivity index (χ3n) is 4.03. The summed E-state index contributed by atoms with van der Waals surface area (Å²) in [6.45, 7) is 1.64. The molecule has 0 radical (unpaired) electrons. The molecule has 1 atom stereocenters. The van der Waals surface area contributed by atoms with Crippen LogP contribution in [-0.4, -0.2) is 17.9 Å². The van der Waals surface area contributed by atoms with E-state index in [1.54, 1.807) is 79.7 Å². The highest BCUT2D eigenvalue weighted by molar-refractivity contribution is 6.33. The SMILES string of the molecule is C[C@@H](Oc1ccc(C(=O)Nc2ccccc2Cl)cc1)C(=O)Nc1ccc(Cl)cc1. The van der Waals surface area contributed by atoms with Gasteiger partial charge in [-0.2, -0.15) is 0 Å². The zero-order valence-corrected chi connectivity index (χ0v) is 17.0. The number of hydrogen-bond donors (Lipinski definition) is 2. The number of carbonyl (C=O) groups excluding carboxylic acids is 2. The number of carbonyl (C=O) groups is 2. The van der Waals surface area contributed by atoms with Gasteiger partial charge in [0.15, 0.2) is 6.10 Å². The standard InChI is InChI=1S/C22H18Cl2N2O3/c1-14(21(27)25-17-10-8-16(23)9-11-17)29-18-12-6-15(7-13-18)22(28)26-20-5-3-2-4-19(20)24/h2-14H,1H3,(H,25,27)(H,26,28)/t14-/m1/s1. The van der Waals surface area contributed by atoms with Gasteiger partial charge in [-0.05, 0) is 67.6 Å². The predicted octanol–water partition coefficient (Wildman–Crippen LogP) is 5.65. The van der Waals surface area contributed by atoms with E-state index in [0.29, 0.717) is 32.7 Å². The van der Waals surface area contributed by atoms with E-state index in [4.69, 9.17) is 27.9 Å². The molecule has 0 fully saturated rings. The van der Waals surface area contributed by atoms with E-state index in [1.165, 1.54) is 0 Å². The van der Waals surface area contributed by atoms with Crippen LogP contribution in [0.3, 0.4) is 0 Å². The molecule has 3 aromatic carbocycles. The smallest absolute Gasteiger partial charge is 0.265 e. The molecule has 0 aliphatic rings. The molecule has 2 N–H and O–H groups in total. The molecule has 3 aromatic rings. The lowest BCUT2D eigenvalue weighted by Gasteiger charge is -2.15. The Kier molecular flexibility index (Phi) is 6.75. The van der Waals surface area contributed by atoms with Gasteiger partial charge in [0.1, 0.15) is 5.75 Å². The van der Waals surface area contributed by atoms with Crippen LogP contribution in [0.15, 0.2) is 72.8 Å². The Labute approximate surface area is 178 Å². The van der Waals surface area contributed by atoms with Crippen molar-refractivity contribution >= 4 is 46.4 Å². The molecule has 0 saturated carbocycles. The zero-order valence-electron chi connectivity index (χ0n) is 15.5. The second kappa shape index (κ2) is 9.45.